The lowest BCUT2D eigenvalue weighted by Crippen LogP contribution is -2.61. The van der Waals surface area contributed by atoms with Crippen molar-refractivity contribution < 1.29 is 31.2 Å². The molecule has 1 N–H and O–H groups in total. The predicted molar refractivity (Wildman–Crippen MR) is 161 cm³/mol. The number of ketones is 1. The van der Waals surface area contributed by atoms with Gasteiger partial charge >= 0.3 is 0 Å². The molecular formula is C27H50N6O7S2. The Hall–Kier alpha value is -1.94. The minimum Gasteiger partial charge on any atom is -0.375 e. The summed E-state index contributed by atoms with van der Waals surface area (Å²) < 4.78 is 61.3. The topological polar surface area (TPSA) is 161 Å². The van der Waals surface area contributed by atoms with Crippen molar-refractivity contribution in [1.82, 2.24) is 28.9 Å². The van der Waals surface area contributed by atoms with E-state index in [1.54, 1.807) is 24.7 Å². The summed E-state index contributed by atoms with van der Waals surface area (Å²) in [6.45, 7) is 15.1. The van der Waals surface area contributed by atoms with Crippen molar-refractivity contribution in [2.45, 2.75) is 105 Å². The number of amides is 1. The van der Waals surface area contributed by atoms with Crippen LogP contribution in [-0.2, 0) is 46.5 Å². The number of carbonyl (C=O) groups is 2. The highest BCUT2D eigenvalue weighted by atomic mass is 32.2. The standard InChI is InChI=1S/C27H50N6O7S2/c1-9-15-41(36,37)31-12-13-32(42(38,39)16-10-2)23(20-31)25(35)28-18-22-19-33(30-29-22)26(5,6)11-14-40-27(7,8)17-24(34)21(3)4/h19,21,23H,9-18,20H2,1-8H3,(H,28,35). The molecule has 0 bridgehead atoms. The number of nitrogens with zero attached hydrogens (tertiary/aromatic N) is 5. The van der Waals surface area contributed by atoms with Crippen molar-refractivity contribution in [1.29, 1.82) is 0 Å². The minimum atomic E-state index is -3.75. The van der Waals surface area contributed by atoms with Crippen LogP contribution in [0, 0.1) is 5.92 Å². The van der Waals surface area contributed by atoms with E-state index in [4.69, 9.17) is 4.74 Å². The van der Waals surface area contributed by atoms with E-state index in [2.05, 4.69) is 15.6 Å². The molecule has 0 radical (unpaired) electrons. The highest BCUT2D eigenvalue weighted by Gasteiger charge is 2.42. The third-order valence-electron chi connectivity index (χ3n) is 7.33. The number of sulfonamides is 2. The van der Waals surface area contributed by atoms with Crippen LogP contribution in [0.4, 0.5) is 0 Å². The quantitative estimate of drug-likeness (QED) is 0.270. The Balaban J connectivity index is 2.07. The number of ether oxygens (including phenoxy) is 1. The molecule has 2 rings (SSSR count). The maximum Gasteiger partial charge on any atom is 0.240 e. The second-order valence-corrected chi connectivity index (χ2v) is 16.6. The van der Waals surface area contributed by atoms with Crippen LogP contribution >= 0.6 is 0 Å². The number of hydrogen-bond acceptors (Lipinski definition) is 9. The summed E-state index contributed by atoms with van der Waals surface area (Å²) >= 11 is 0. The van der Waals surface area contributed by atoms with Gasteiger partial charge in [0, 0.05) is 38.6 Å². The number of carbonyl (C=O) groups excluding carboxylic acids is 2. The summed E-state index contributed by atoms with van der Waals surface area (Å²) in [5, 5.41) is 11.1. The molecular weight excluding hydrogens is 584 g/mol. The third kappa shape index (κ3) is 10.1. The highest BCUT2D eigenvalue weighted by molar-refractivity contribution is 7.89. The summed E-state index contributed by atoms with van der Waals surface area (Å²) in [4.78, 5) is 25.4. The van der Waals surface area contributed by atoms with Crippen LogP contribution in [0.5, 0.6) is 0 Å². The molecule has 13 nitrogen and oxygen atoms in total. The maximum atomic E-state index is 13.3. The zero-order valence-corrected chi connectivity index (χ0v) is 28.1. The SMILES string of the molecule is CCCS(=O)(=O)N1CCN(S(=O)(=O)CCC)C(C(=O)NCc2cn(C(C)(C)CCOC(C)(C)CC(=O)C(C)C)nn2)C1. The third-order valence-corrected chi connectivity index (χ3v) is 11.4. The van der Waals surface area contributed by atoms with Gasteiger partial charge in [0.15, 0.2) is 0 Å². The van der Waals surface area contributed by atoms with Crippen LogP contribution in [0.3, 0.4) is 0 Å². The van der Waals surface area contributed by atoms with Gasteiger partial charge in [-0.2, -0.15) is 8.61 Å². The Bertz CT molecular complexity index is 1280. The van der Waals surface area contributed by atoms with Gasteiger partial charge in [-0.05, 0) is 47.0 Å². The summed E-state index contributed by atoms with van der Waals surface area (Å²) in [7, 11) is -7.36. The van der Waals surface area contributed by atoms with Crippen molar-refractivity contribution >= 4 is 31.7 Å². The van der Waals surface area contributed by atoms with Gasteiger partial charge in [-0.3, -0.25) is 9.59 Å². The van der Waals surface area contributed by atoms with E-state index in [-0.39, 0.29) is 49.4 Å². The number of aromatic nitrogens is 3. The number of nitrogens with one attached hydrogen (secondary N) is 1. The smallest absolute Gasteiger partial charge is 0.240 e. The summed E-state index contributed by atoms with van der Waals surface area (Å²) in [6.07, 6.45) is 3.43. The summed E-state index contributed by atoms with van der Waals surface area (Å²) in [6, 6.07) is -1.18. The van der Waals surface area contributed by atoms with E-state index in [0.29, 0.717) is 38.0 Å². The second kappa shape index (κ2) is 14.7. The van der Waals surface area contributed by atoms with Crippen molar-refractivity contribution in [3.8, 4) is 0 Å². The lowest BCUT2D eigenvalue weighted by atomic mass is 9.95. The van der Waals surface area contributed by atoms with Crippen LogP contribution in [0.25, 0.3) is 0 Å². The van der Waals surface area contributed by atoms with E-state index in [9.17, 15) is 26.4 Å². The molecule has 1 aliphatic rings. The summed E-state index contributed by atoms with van der Waals surface area (Å²) in [5.41, 5.74) is -0.594. The van der Waals surface area contributed by atoms with Crippen LogP contribution in [0.15, 0.2) is 6.20 Å². The lowest BCUT2D eigenvalue weighted by molar-refractivity contribution is -0.128. The number of hydrogen-bond donors (Lipinski definition) is 1. The fourth-order valence-corrected chi connectivity index (χ4v) is 7.80. The molecule has 1 atom stereocenters. The Morgan fingerprint density at radius 3 is 2.26 bits per heavy atom. The summed E-state index contributed by atoms with van der Waals surface area (Å²) in [5.74, 6) is -0.686. The van der Waals surface area contributed by atoms with E-state index in [1.807, 2.05) is 41.5 Å². The van der Waals surface area contributed by atoms with E-state index < -0.39 is 43.1 Å². The van der Waals surface area contributed by atoms with Gasteiger partial charge in [0.1, 0.15) is 17.5 Å². The van der Waals surface area contributed by atoms with Crippen LogP contribution in [0.2, 0.25) is 0 Å². The average Bonchev–Trinajstić information content (AvgIpc) is 3.36. The van der Waals surface area contributed by atoms with Gasteiger partial charge in [-0.1, -0.05) is 32.9 Å². The predicted octanol–water partition coefficient (Wildman–Crippen LogP) is 1.90. The van der Waals surface area contributed by atoms with Gasteiger partial charge in [-0.25, -0.2) is 21.5 Å². The molecule has 242 valence electrons. The lowest BCUT2D eigenvalue weighted by Gasteiger charge is -2.38. The van der Waals surface area contributed by atoms with Crippen LogP contribution < -0.4 is 5.32 Å². The average molecular weight is 635 g/mol. The van der Waals surface area contributed by atoms with E-state index in [1.165, 1.54) is 4.31 Å². The Labute approximate surface area is 251 Å². The van der Waals surface area contributed by atoms with Gasteiger partial charge in [0.25, 0.3) is 0 Å². The van der Waals surface area contributed by atoms with Crippen molar-refractivity contribution in [2.24, 2.45) is 5.92 Å². The molecule has 2 heterocycles. The molecule has 1 aliphatic heterocycles. The second-order valence-electron chi connectivity index (χ2n) is 12.5. The van der Waals surface area contributed by atoms with Gasteiger partial charge in [-0.15, -0.1) is 5.10 Å². The molecule has 1 fully saturated rings. The van der Waals surface area contributed by atoms with Crippen molar-refractivity contribution in [2.75, 3.05) is 37.7 Å². The fourth-order valence-electron chi connectivity index (χ4n) is 4.64. The number of rotatable bonds is 17. The molecule has 0 spiro atoms. The van der Waals surface area contributed by atoms with Gasteiger partial charge < -0.3 is 10.1 Å². The van der Waals surface area contributed by atoms with Gasteiger partial charge in [0.05, 0.1) is 35.4 Å². The first-order chi connectivity index (χ1) is 19.3. The molecule has 1 saturated heterocycles. The first-order valence-corrected chi connectivity index (χ1v) is 17.9. The van der Waals surface area contributed by atoms with Crippen LogP contribution in [-0.4, -0.2) is 102 Å². The Morgan fingerprint density at radius 1 is 1.05 bits per heavy atom. The van der Waals surface area contributed by atoms with E-state index in [0.717, 1.165) is 4.31 Å². The molecule has 1 unspecified atom stereocenters. The highest BCUT2D eigenvalue weighted by Crippen LogP contribution is 2.23. The zero-order valence-electron chi connectivity index (χ0n) is 26.4. The molecule has 0 aromatic carbocycles. The van der Waals surface area contributed by atoms with Crippen molar-refractivity contribution in [3.05, 3.63) is 11.9 Å². The number of Topliss-reactive ketones (excluding diaryl/α,β-unsaturated/α-hetero) is 1. The first kappa shape index (κ1) is 36.3. The molecule has 15 heteroatoms. The molecule has 1 aromatic rings. The molecule has 1 aromatic heterocycles. The molecule has 42 heavy (non-hydrogen) atoms. The monoisotopic (exact) mass is 634 g/mol. The minimum absolute atomic E-state index is 0.00433. The maximum absolute atomic E-state index is 13.3. The Morgan fingerprint density at radius 2 is 1.67 bits per heavy atom. The van der Waals surface area contributed by atoms with E-state index >= 15 is 0 Å². The molecule has 0 aliphatic carbocycles. The molecule has 0 saturated carbocycles. The van der Waals surface area contributed by atoms with Gasteiger partial charge in [0.2, 0.25) is 26.0 Å². The fraction of sp³-hybridized carbons (Fsp3) is 0.852. The normalized spacial score (nSPS) is 18.0. The zero-order chi connectivity index (χ0) is 31.9. The Kier molecular flexibility index (Phi) is 12.7. The first-order valence-electron chi connectivity index (χ1n) is 14.7. The largest absolute Gasteiger partial charge is 0.375 e. The molecule has 1 amide bonds. The van der Waals surface area contributed by atoms with Crippen LogP contribution in [0.1, 0.15) is 86.8 Å². The van der Waals surface area contributed by atoms with Crippen molar-refractivity contribution in [3.63, 3.8) is 0 Å². The number of piperazine rings is 1.